The summed E-state index contributed by atoms with van der Waals surface area (Å²) in [6.07, 6.45) is 6.10. The number of nitrogens with one attached hydrogen (secondary N) is 3. The number of hydrogen-bond donors (Lipinski definition) is 3. The van der Waals surface area contributed by atoms with Crippen LogP contribution in [0.15, 0.2) is 25.0 Å². The van der Waals surface area contributed by atoms with Gasteiger partial charge in [-0.1, -0.05) is 6.58 Å². The van der Waals surface area contributed by atoms with Crippen LogP contribution in [0.25, 0.3) is 11.2 Å². The zero-order valence-corrected chi connectivity index (χ0v) is 15.1. The van der Waals surface area contributed by atoms with Gasteiger partial charge >= 0.3 is 0 Å². The van der Waals surface area contributed by atoms with E-state index < -0.39 is 0 Å². The van der Waals surface area contributed by atoms with E-state index in [9.17, 15) is 9.59 Å². The average molecular weight is 356 g/mol. The molecule has 0 bridgehead atoms. The SMILES string of the molecule is C=CC(=O)N(c1cnc2[nH]cc(C(=O)NC(C)C)c2n1)C1CCNCC1. The van der Waals surface area contributed by atoms with Crippen LogP contribution in [-0.4, -0.2) is 51.9 Å². The number of fused-ring (bicyclic) bond motifs is 1. The van der Waals surface area contributed by atoms with Crippen molar-refractivity contribution in [2.24, 2.45) is 0 Å². The summed E-state index contributed by atoms with van der Waals surface area (Å²) in [5, 5.41) is 6.14. The molecule has 26 heavy (non-hydrogen) atoms. The van der Waals surface area contributed by atoms with Crippen molar-refractivity contribution in [2.75, 3.05) is 18.0 Å². The molecule has 0 atom stereocenters. The summed E-state index contributed by atoms with van der Waals surface area (Å²) in [6.45, 7) is 9.08. The number of aromatic nitrogens is 3. The molecule has 0 saturated carbocycles. The second kappa shape index (κ2) is 7.65. The predicted octanol–water partition coefficient (Wildman–Crippen LogP) is 1.37. The van der Waals surface area contributed by atoms with Gasteiger partial charge in [-0.15, -0.1) is 0 Å². The molecule has 3 rings (SSSR count). The minimum Gasteiger partial charge on any atom is -0.350 e. The van der Waals surface area contributed by atoms with Crippen molar-refractivity contribution in [2.45, 2.75) is 38.8 Å². The van der Waals surface area contributed by atoms with Gasteiger partial charge < -0.3 is 15.6 Å². The molecule has 8 nitrogen and oxygen atoms in total. The molecule has 0 aromatic carbocycles. The van der Waals surface area contributed by atoms with Crippen molar-refractivity contribution in [3.63, 3.8) is 0 Å². The first kappa shape index (κ1) is 18.1. The summed E-state index contributed by atoms with van der Waals surface area (Å²) in [4.78, 5) is 38.4. The zero-order valence-electron chi connectivity index (χ0n) is 15.1. The van der Waals surface area contributed by atoms with Crippen molar-refractivity contribution in [1.29, 1.82) is 0 Å². The van der Waals surface area contributed by atoms with E-state index in [4.69, 9.17) is 0 Å². The van der Waals surface area contributed by atoms with E-state index in [0.717, 1.165) is 25.9 Å². The molecule has 0 unspecified atom stereocenters. The highest BCUT2D eigenvalue weighted by Crippen LogP contribution is 2.23. The summed E-state index contributed by atoms with van der Waals surface area (Å²) in [6, 6.07) is 0.0394. The number of H-pyrrole nitrogens is 1. The molecule has 3 heterocycles. The normalized spacial score (nSPS) is 15.2. The van der Waals surface area contributed by atoms with Crippen molar-refractivity contribution < 1.29 is 9.59 Å². The standard InChI is InChI=1S/C18H24N6O2/c1-4-15(25)24(12-5-7-19-8-6-12)14-10-21-17-16(23-14)13(9-20-17)18(26)22-11(2)3/h4,9-12,19H,1,5-8H2,2-3H3,(H,20,21)(H,22,26). The summed E-state index contributed by atoms with van der Waals surface area (Å²) in [5.74, 6) is 0.00271. The lowest BCUT2D eigenvalue weighted by atomic mass is 10.0. The second-order valence-electron chi connectivity index (χ2n) is 6.65. The molecule has 1 fully saturated rings. The molecule has 0 radical (unpaired) electrons. The largest absolute Gasteiger partial charge is 0.350 e. The van der Waals surface area contributed by atoms with E-state index in [-0.39, 0.29) is 23.9 Å². The third-order valence-corrected chi connectivity index (χ3v) is 4.37. The van der Waals surface area contributed by atoms with Crippen LogP contribution in [0.2, 0.25) is 0 Å². The van der Waals surface area contributed by atoms with E-state index in [1.165, 1.54) is 6.08 Å². The van der Waals surface area contributed by atoms with Crippen LogP contribution < -0.4 is 15.5 Å². The molecule has 2 aromatic heterocycles. The molecule has 1 aliphatic rings. The number of carbonyl (C=O) groups excluding carboxylic acids is 2. The number of piperidine rings is 1. The quantitative estimate of drug-likeness (QED) is 0.702. The highest BCUT2D eigenvalue weighted by molar-refractivity contribution is 6.05. The third-order valence-electron chi connectivity index (χ3n) is 4.37. The Morgan fingerprint density at radius 1 is 1.38 bits per heavy atom. The number of rotatable bonds is 5. The molecule has 2 amide bonds. The van der Waals surface area contributed by atoms with Gasteiger partial charge in [-0.2, -0.15) is 0 Å². The van der Waals surface area contributed by atoms with Crippen LogP contribution in [0.3, 0.4) is 0 Å². The Hall–Kier alpha value is -2.74. The van der Waals surface area contributed by atoms with Gasteiger partial charge in [-0.05, 0) is 45.9 Å². The van der Waals surface area contributed by atoms with Crippen LogP contribution in [0.5, 0.6) is 0 Å². The molecular weight excluding hydrogens is 332 g/mol. The van der Waals surface area contributed by atoms with Crippen molar-refractivity contribution >= 4 is 28.8 Å². The zero-order chi connectivity index (χ0) is 18.7. The van der Waals surface area contributed by atoms with Gasteiger partial charge in [0.1, 0.15) is 5.52 Å². The molecule has 1 saturated heterocycles. The first-order chi connectivity index (χ1) is 12.5. The molecule has 0 spiro atoms. The Bertz CT molecular complexity index is 822. The lowest BCUT2D eigenvalue weighted by molar-refractivity contribution is -0.114. The van der Waals surface area contributed by atoms with Crippen molar-refractivity contribution in [3.05, 3.63) is 30.6 Å². The van der Waals surface area contributed by atoms with Crippen LogP contribution in [0, 0.1) is 0 Å². The number of amides is 2. The fourth-order valence-electron chi connectivity index (χ4n) is 3.15. The average Bonchev–Trinajstić information content (AvgIpc) is 3.05. The Kier molecular flexibility index (Phi) is 5.32. The van der Waals surface area contributed by atoms with Crippen LogP contribution in [0.4, 0.5) is 5.82 Å². The Labute approximate surface area is 152 Å². The third kappa shape index (κ3) is 3.60. The van der Waals surface area contributed by atoms with E-state index in [1.807, 2.05) is 13.8 Å². The molecule has 138 valence electrons. The molecule has 0 aliphatic carbocycles. The van der Waals surface area contributed by atoms with E-state index in [0.29, 0.717) is 22.5 Å². The Morgan fingerprint density at radius 3 is 2.77 bits per heavy atom. The fourth-order valence-corrected chi connectivity index (χ4v) is 3.15. The molecule has 8 heteroatoms. The molecule has 1 aliphatic heterocycles. The minimum absolute atomic E-state index is 0.0113. The van der Waals surface area contributed by atoms with Crippen molar-refractivity contribution in [3.8, 4) is 0 Å². The Morgan fingerprint density at radius 2 is 2.12 bits per heavy atom. The lowest BCUT2D eigenvalue weighted by Crippen LogP contribution is -2.46. The molecule has 2 aromatic rings. The highest BCUT2D eigenvalue weighted by atomic mass is 16.2. The van der Waals surface area contributed by atoms with Gasteiger partial charge in [0.05, 0.1) is 11.8 Å². The van der Waals surface area contributed by atoms with Crippen LogP contribution >= 0.6 is 0 Å². The first-order valence-corrected chi connectivity index (χ1v) is 8.82. The first-order valence-electron chi connectivity index (χ1n) is 8.82. The number of hydrogen-bond acceptors (Lipinski definition) is 5. The number of anilines is 1. The van der Waals surface area contributed by atoms with Crippen LogP contribution in [0.1, 0.15) is 37.0 Å². The predicted molar refractivity (Wildman–Crippen MR) is 100 cm³/mol. The maximum Gasteiger partial charge on any atom is 0.255 e. The van der Waals surface area contributed by atoms with E-state index >= 15 is 0 Å². The van der Waals surface area contributed by atoms with Gasteiger partial charge in [-0.25, -0.2) is 9.97 Å². The van der Waals surface area contributed by atoms with Crippen LogP contribution in [-0.2, 0) is 4.79 Å². The smallest absolute Gasteiger partial charge is 0.255 e. The summed E-state index contributed by atoms with van der Waals surface area (Å²) in [5.41, 5.74) is 1.38. The van der Waals surface area contributed by atoms with Gasteiger partial charge in [0, 0.05) is 18.3 Å². The second-order valence-corrected chi connectivity index (χ2v) is 6.65. The van der Waals surface area contributed by atoms with Gasteiger partial charge in [-0.3, -0.25) is 14.5 Å². The lowest BCUT2D eigenvalue weighted by Gasteiger charge is -2.33. The van der Waals surface area contributed by atoms with Gasteiger partial charge in [0.15, 0.2) is 11.5 Å². The van der Waals surface area contributed by atoms with E-state index in [1.54, 1.807) is 17.3 Å². The number of nitrogens with zero attached hydrogens (tertiary/aromatic N) is 3. The summed E-state index contributed by atoms with van der Waals surface area (Å²) in [7, 11) is 0. The van der Waals surface area contributed by atoms with Gasteiger partial charge in [0.25, 0.3) is 11.8 Å². The molecule has 3 N–H and O–H groups in total. The fraction of sp³-hybridized carbons (Fsp3) is 0.444. The van der Waals surface area contributed by atoms with E-state index in [2.05, 4.69) is 32.2 Å². The number of aromatic amines is 1. The Balaban J connectivity index is 2.00. The number of carbonyl (C=O) groups is 2. The summed E-state index contributed by atoms with van der Waals surface area (Å²) < 4.78 is 0. The monoisotopic (exact) mass is 356 g/mol. The van der Waals surface area contributed by atoms with Gasteiger partial charge in [0.2, 0.25) is 0 Å². The van der Waals surface area contributed by atoms with Crippen molar-refractivity contribution in [1.82, 2.24) is 25.6 Å². The summed E-state index contributed by atoms with van der Waals surface area (Å²) >= 11 is 0. The topological polar surface area (TPSA) is 103 Å². The minimum atomic E-state index is -0.221. The molecular formula is C18H24N6O2. The maximum atomic E-state index is 12.5. The highest BCUT2D eigenvalue weighted by Gasteiger charge is 2.27. The maximum absolute atomic E-state index is 12.5.